The number of aryl methyl sites for hydroxylation is 2. The quantitative estimate of drug-likeness (QED) is 0.936. The van der Waals surface area contributed by atoms with E-state index in [0.717, 1.165) is 20.8 Å². The SMILES string of the molecule is Cc1cc(Sc2ccc([C@H](C)N)cc2Br)n(C)n1. The van der Waals surface area contributed by atoms with Crippen molar-refractivity contribution in [3.8, 4) is 0 Å². The molecule has 1 aromatic carbocycles. The third-order valence-corrected chi connectivity index (χ3v) is 4.74. The Labute approximate surface area is 120 Å². The predicted octanol–water partition coefficient (Wildman–Crippen LogP) is 3.66. The van der Waals surface area contributed by atoms with Crippen LogP contribution in [0.1, 0.15) is 24.2 Å². The molecule has 0 saturated heterocycles. The maximum Gasteiger partial charge on any atom is 0.0987 e. The molecule has 96 valence electrons. The Morgan fingerprint density at radius 2 is 2.11 bits per heavy atom. The largest absolute Gasteiger partial charge is 0.324 e. The molecule has 0 amide bonds. The van der Waals surface area contributed by atoms with Gasteiger partial charge in [-0.1, -0.05) is 17.8 Å². The predicted molar refractivity (Wildman–Crippen MR) is 78.8 cm³/mol. The zero-order valence-electron chi connectivity index (χ0n) is 10.6. The summed E-state index contributed by atoms with van der Waals surface area (Å²) in [7, 11) is 1.96. The monoisotopic (exact) mass is 325 g/mol. The van der Waals surface area contributed by atoms with Crippen molar-refractivity contribution in [2.24, 2.45) is 12.8 Å². The molecule has 2 N–H and O–H groups in total. The van der Waals surface area contributed by atoms with E-state index in [1.165, 1.54) is 4.90 Å². The molecule has 0 saturated carbocycles. The van der Waals surface area contributed by atoms with Gasteiger partial charge < -0.3 is 5.73 Å². The van der Waals surface area contributed by atoms with Crippen LogP contribution in [0.4, 0.5) is 0 Å². The first-order chi connectivity index (χ1) is 8.47. The Bertz CT molecular complexity index is 563. The number of hydrogen-bond donors (Lipinski definition) is 1. The van der Waals surface area contributed by atoms with Crippen LogP contribution in [0.3, 0.4) is 0 Å². The zero-order chi connectivity index (χ0) is 13.3. The lowest BCUT2D eigenvalue weighted by atomic mass is 10.1. The van der Waals surface area contributed by atoms with Gasteiger partial charge in [-0.15, -0.1) is 0 Å². The van der Waals surface area contributed by atoms with Gasteiger partial charge in [0.25, 0.3) is 0 Å². The number of rotatable bonds is 3. The molecule has 18 heavy (non-hydrogen) atoms. The van der Waals surface area contributed by atoms with Crippen LogP contribution in [0.25, 0.3) is 0 Å². The first-order valence-electron chi connectivity index (χ1n) is 5.71. The van der Waals surface area contributed by atoms with Crippen molar-refractivity contribution in [1.82, 2.24) is 9.78 Å². The average molecular weight is 326 g/mol. The van der Waals surface area contributed by atoms with Gasteiger partial charge in [-0.25, -0.2) is 0 Å². The van der Waals surface area contributed by atoms with Crippen LogP contribution in [-0.2, 0) is 7.05 Å². The summed E-state index contributed by atoms with van der Waals surface area (Å²) < 4.78 is 2.97. The second kappa shape index (κ2) is 5.47. The summed E-state index contributed by atoms with van der Waals surface area (Å²) >= 11 is 5.29. The van der Waals surface area contributed by atoms with Crippen molar-refractivity contribution in [3.63, 3.8) is 0 Å². The topological polar surface area (TPSA) is 43.8 Å². The second-order valence-electron chi connectivity index (χ2n) is 4.33. The van der Waals surface area contributed by atoms with Gasteiger partial charge >= 0.3 is 0 Å². The van der Waals surface area contributed by atoms with Crippen LogP contribution in [-0.4, -0.2) is 9.78 Å². The molecule has 3 nitrogen and oxygen atoms in total. The van der Waals surface area contributed by atoms with E-state index in [4.69, 9.17) is 5.73 Å². The van der Waals surface area contributed by atoms with Gasteiger partial charge in [0.2, 0.25) is 0 Å². The molecule has 0 bridgehead atoms. The molecular weight excluding hydrogens is 310 g/mol. The molecule has 1 aromatic heterocycles. The van der Waals surface area contributed by atoms with Crippen molar-refractivity contribution < 1.29 is 0 Å². The highest BCUT2D eigenvalue weighted by molar-refractivity contribution is 9.10. The van der Waals surface area contributed by atoms with Gasteiger partial charge in [0.15, 0.2) is 0 Å². The molecular formula is C13H16BrN3S. The third kappa shape index (κ3) is 2.96. The summed E-state index contributed by atoms with van der Waals surface area (Å²) in [6, 6.07) is 8.38. The van der Waals surface area contributed by atoms with E-state index in [0.29, 0.717) is 0 Å². The molecule has 0 aliphatic heterocycles. The van der Waals surface area contributed by atoms with Gasteiger partial charge in [-0.3, -0.25) is 4.68 Å². The van der Waals surface area contributed by atoms with Crippen molar-refractivity contribution in [3.05, 3.63) is 40.0 Å². The summed E-state index contributed by atoms with van der Waals surface area (Å²) in [5.74, 6) is 0. The van der Waals surface area contributed by atoms with Crippen LogP contribution >= 0.6 is 27.7 Å². The molecule has 0 spiro atoms. The molecule has 1 atom stereocenters. The van der Waals surface area contributed by atoms with Gasteiger partial charge in [-0.05, 0) is 53.5 Å². The number of nitrogens with zero attached hydrogens (tertiary/aromatic N) is 2. The Balaban J connectivity index is 2.27. The average Bonchev–Trinajstić information content (AvgIpc) is 2.60. The van der Waals surface area contributed by atoms with Gasteiger partial charge in [0, 0.05) is 22.5 Å². The molecule has 2 rings (SSSR count). The first kappa shape index (κ1) is 13.6. The van der Waals surface area contributed by atoms with Gasteiger partial charge in [-0.2, -0.15) is 5.10 Å². The van der Waals surface area contributed by atoms with E-state index >= 15 is 0 Å². The standard InChI is InChI=1S/C13H16BrN3S/c1-8-6-13(17(3)16-8)18-12-5-4-10(9(2)15)7-11(12)14/h4-7,9H,15H2,1-3H3/t9-/m0/s1. The van der Waals surface area contributed by atoms with Crippen LogP contribution < -0.4 is 5.73 Å². The molecule has 0 aliphatic carbocycles. The highest BCUT2D eigenvalue weighted by Crippen LogP contribution is 2.34. The highest BCUT2D eigenvalue weighted by Gasteiger charge is 2.09. The van der Waals surface area contributed by atoms with E-state index in [2.05, 4.69) is 45.3 Å². The fourth-order valence-corrected chi connectivity index (χ4v) is 3.24. The summed E-state index contributed by atoms with van der Waals surface area (Å²) in [6.45, 7) is 3.98. The lowest BCUT2D eigenvalue weighted by molar-refractivity contribution is 0.692. The molecule has 0 aliphatic rings. The van der Waals surface area contributed by atoms with Crippen molar-refractivity contribution in [2.75, 3.05) is 0 Å². The van der Waals surface area contributed by atoms with Crippen LogP contribution in [0.15, 0.2) is 38.7 Å². The number of aromatic nitrogens is 2. The normalized spacial score (nSPS) is 12.7. The van der Waals surface area contributed by atoms with Gasteiger partial charge in [0.1, 0.15) is 0 Å². The molecule has 0 fully saturated rings. The Kier molecular flexibility index (Phi) is 4.14. The minimum Gasteiger partial charge on any atom is -0.324 e. The van der Waals surface area contributed by atoms with Crippen LogP contribution in [0, 0.1) is 6.92 Å². The third-order valence-electron chi connectivity index (χ3n) is 2.66. The molecule has 5 heteroatoms. The van der Waals surface area contributed by atoms with E-state index in [-0.39, 0.29) is 6.04 Å². The van der Waals surface area contributed by atoms with E-state index in [1.807, 2.05) is 25.6 Å². The van der Waals surface area contributed by atoms with Crippen LogP contribution in [0.5, 0.6) is 0 Å². The number of hydrogen-bond acceptors (Lipinski definition) is 3. The minimum absolute atomic E-state index is 0.0549. The minimum atomic E-state index is 0.0549. The zero-order valence-corrected chi connectivity index (χ0v) is 13.0. The summed E-state index contributed by atoms with van der Waals surface area (Å²) in [5.41, 5.74) is 8.03. The fraction of sp³-hybridized carbons (Fsp3) is 0.308. The summed E-state index contributed by atoms with van der Waals surface area (Å²) in [6.07, 6.45) is 0. The lowest BCUT2D eigenvalue weighted by Crippen LogP contribution is -2.04. The number of nitrogens with two attached hydrogens (primary N) is 1. The number of benzene rings is 1. The first-order valence-corrected chi connectivity index (χ1v) is 7.32. The number of halogens is 1. The van der Waals surface area contributed by atoms with Crippen molar-refractivity contribution in [2.45, 2.75) is 29.8 Å². The Morgan fingerprint density at radius 1 is 1.39 bits per heavy atom. The molecule has 0 radical (unpaired) electrons. The Hall–Kier alpha value is -0.780. The molecule has 1 heterocycles. The van der Waals surface area contributed by atoms with Crippen LogP contribution in [0.2, 0.25) is 0 Å². The van der Waals surface area contributed by atoms with E-state index < -0.39 is 0 Å². The van der Waals surface area contributed by atoms with E-state index in [1.54, 1.807) is 11.8 Å². The lowest BCUT2D eigenvalue weighted by Gasteiger charge is -2.09. The maximum absolute atomic E-state index is 5.87. The van der Waals surface area contributed by atoms with E-state index in [9.17, 15) is 0 Å². The highest BCUT2D eigenvalue weighted by atomic mass is 79.9. The smallest absolute Gasteiger partial charge is 0.0987 e. The van der Waals surface area contributed by atoms with Crippen molar-refractivity contribution in [1.29, 1.82) is 0 Å². The van der Waals surface area contributed by atoms with Gasteiger partial charge in [0.05, 0.1) is 10.7 Å². The van der Waals surface area contributed by atoms with Crippen molar-refractivity contribution >= 4 is 27.7 Å². The molecule has 2 aromatic rings. The Morgan fingerprint density at radius 3 is 2.61 bits per heavy atom. The summed E-state index contributed by atoms with van der Waals surface area (Å²) in [4.78, 5) is 1.17. The molecule has 0 unspecified atom stereocenters. The maximum atomic E-state index is 5.87. The second-order valence-corrected chi connectivity index (χ2v) is 6.24. The fourth-order valence-electron chi connectivity index (χ4n) is 1.68. The summed E-state index contributed by atoms with van der Waals surface area (Å²) in [5, 5.41) is 5.47.